The average molecular weight is 357 g/mol. The summed E-state index contributed by atoms with van der Waals surface area (Å²) >= 11 is 4.19. The summed E-state index contributed by atoms with van der Waals surface area (Å²) in [5.41, 5.74) is 2.72. The van der Waals surface area contributed by atoms with Crippen molar-refractivity contribution in [3.05, 3.63) is 55.8 Å². The van der Waals surface area contributed by atoms with Gasteiger partial charge in [0.15, 0.2) is 0 Å². The quantitative estimate of drug-likeness (QED) is 0.780. The monoisotopic (exact) mass is 357 g/mol. The molecule has 1 aromatic heterocycles. The van der Waals surface area contributed by atoms with E-state index in [1.165, 1.54) is 14.0 Å². The highest BCUT2D eigenvalue weighted by molar-refractivity contribution is 14.1. The third kappa shape index (κ3) is 3.53. The van der Waals surface area contributed by atoms with Gasteiger partial charge in [0.2, 0.25) is 0 Å². The zero-order valence-corrected chi connectivity index (χ0v) is 12.8. The Morgan fingerprint density at radius 1 is 1.24 bits per heavy atom. The van der Waals surface area contributed by atoms with E-state index in [1.807, 2.05) is 11.3 Å². The Kier molecular flexibility index (Phi) is 5.00. The van der Waals surface area contributed by atoms with Crippen LogP contribution in [-0.4, -0.2) is 6.54 Å². The highest BCUT2D eigenvalue weighted by Crippen LogP contribution is 2.27. The predicted octanol–water partition coefficient (Wildman–Crippen LogP) is 4.44. The Morgan fingerprint density at radius 2 is 2.00 bits per heavy atom. The van der Waals surface area contributed by atoms with Crippen molar-refractivity contribution in [1.29, 1.82) is 0 Å². The lowest BCUT2D eigenvalue weighted by Crippen LogP contribution is -2.22. The Bertz CT molecular complexity index is 452. The average Bonchev–Trinajstić information content (AvgIpc) is 2.78. The Labute approximate surface area is 120 Å². The molecule has 1 atom stereocenters. The molecule has 1 nitrogen and oxygen atoms in total. The van der Waals surface area contributed by atoms with Gasteiger partial charge in [0.05, 0.1) is 8.93 Å². The SMILES string of the molecule is CCCNC(c1ccccc1)c1csc(I)c1. The van der Waals surface area contributed by atoms with Crippen molar-refractivity contribution in [2.24, 2.45) is 0 Å². The number of hydrogen-bond acceptors (Lipinski definition) is 2. The number of rotatable bonds is 5. The van der Waals surface area contributed by atoms with Gasteiger partial charge < -0.3 is 5.32 Å². The number of nitrogens with one attached hydrogen (secondary N) is 1. The van der Waals surface area contributed by atoms with Gasteiger partial charge in [0.1, 0.15) is 0 Å². The molecule has 0 aliphatic rings. The normalized spacial score (nSPS) is 12.6. The van der Waals surface area contributed by atoms with Crippen LogP contribution in [0.5, 0.6) is 0 Å². The maximum Gasteiger partial charge on any atom is 0.0656 e. The van der Waals surface area contributed by atoms with Crippen LogP contribution in [0.3, 0.4) is 0 Å². The van der Waals surface area contributed by atoms with Crippen molar-refractivity contribution in [2.75, 3.05) is 6.54 Å². The zero-order valence-electron chi connectivity index (χ0n) is 9.82. The first-order valence-electron chi connectivity index (χ1n) is 5.83. The molecular formula is C14H16INS. The number of benzene rings is 1. The lowest BCUT2D eigenvalue weighted by Gasteiger charge is -2.17. The fraction of sp³-hybridized carbons (Fsp3) is 0.286. The fourth-order valence-corrected chi connectivity index (χ4v) is 3.23. The molecule has 0 spiro atoms. The number of thiophene rings is 1. The minimum absolute atomic E-state index is 0.330. The largest absolute Gasteiger partial charge is 0.306 e. The van der Waals surface area contributed by atoms with Gasteiger partial charge in [-0.05, 0) is 58.1 Å². The van der Waals surface area contributed by atoms with E-state index in [4.69, 9.17) is 0 Å². The summed E-state index contributed by atoms with van der Waals surface area (Å²) in [5.74, 6) is 0. The Balaban J connectivity index is 2.25. The van der Waals surface area contributed by atoms with Crippen molar-refractivity contribution < 1.29 is 0 Å². The second-order valence-electron chi connectivity index (χ2n) is 3.98. The summed E-state index contributed by atoms with van der Waals surface area (Å²) in [6, 6.07) is 13.3. The van der Waals surface area contributed by atoms with Gasteiger partial charge in [-0.3, -0.25) is 0 Å². The van der Waals surface area contributed by atoms with Crippen molar-refractivity contribution in [3.8, 4) is 0 Å². The molecule has 0 bridgehead atoms. The predicted molar refractivity (Wildman–Crippen MR) is 83.6 cm³/mol. The molecule has 0 saturated heterocycles. The van der Waals surface area contributed by atoms with Gasteiger partial charge in [0.25, 0.3) is 0 Å². The first-order chi connectivity index (χ1) is 8.31. The van der Waals surface area contributed by atoms with Gasteiger partial charge in [0, 0.05) is 0 Å². The minimum atomic E-state index is 0.330. The molecule has 0 radical (unpaired) electrons. The number of halogens is 1. The molecule has 0 aliphatic heterocycles. The summed E-state index contributed by atoms with van der Waals surface area (Å²) < 4.78 is 1.34. The van der Waals surface area contributed by atoms with Crippen LogP contribution in [0.4, 0.5) is 0 Å². The van der Waals surface area contributed by atoms with Gasteiger partial charge in [-0.15, -0.1) is 11.3 Å². The van der Waals surface area contributed by atoms with Crippen LogP contribution in [0.2, 0.25) is 0 Å². The Hall–Kier alpha value is -0.390. The first kappa shape index (κ1) is 13.1. The van der Waals surface area contributed by atoms with Crippen molar-refractivity contribution in [1.82, 2.24) is 5.32 Å². The van der Waals surface area contributed by atoms with Crippen LogP contribution in [0.25, 0.3) is 0 Å². The van der Waals surface area contributed by atoms with E-state index in [-0.39, 0.29) is 0 Å². The molecule has 1 N–H and O–H groups in total. The van der Waals surface area contributed by atoms with Gasteiger partial charge >= 0.3 is 0 Å². The summed E-state index contributed by atoms with van der Waals surface area (Å²) in [6.45, 7) is 3.25. The molecule has 1 aromatic carbocycles. The highest BCUT2D eigenvalue weighted by Gasteiger charge is 2.13. The molecule has 17 heavy (non-hydrogen) atoms. The Morgan fingerprint density at radius 3 is 2.59 bits per heavy atom. The van der Waals surface area contributed by atoms with E-state index in [0.29, 0.717) is 6.04 Å². The molecule has 0 aliphatic carbocycles. The maximum absolute atomic E-state index is 3.62. The van der Waals surface area contributed by atoms with Crippen LogP contribution in [0.1, 0.15) is 30.5 Å². The van der Waals surface area contributed by atoms with Crippen molar-refractivity contribution in [2.45, 2.75) is 19.4 Å². The summed E-state index contributed by atoms with van der Waals surface area (Å²) in [7, 11) is 0. The molecule has 2 aromatic rings. The molecule has 2 rings (SSSR count). The van der Waals surface area contributed by atoms with Crippen molar-refractivity contribution in [3.63, 3.8) is 0 Å². The minimum Gasteiger partial charge on any atom is -0.306 e. The zero-order chi connectivity index (χ0) is 12.1. The highest BCUT2D eigenvalue weighted by atomic mass is 127. The molecule has 0 amide bonds. The molecular weight excluding hydrogens is 341 g/mol. The maximum atomic E-state index is 3.62. The molecule has 1 unspecified atom stereocenters. The van der Waals surface area contributed by atoms with Crippen molar-refractivity contribution >= 4 is 33.9 Å². The van der Waals surface area contributed by atoms with E-state index >= 15 is 0 Å². The van der Waals surface area contributed by atoms with Crippen LogP contribution >= 0.6 is 33.9 Å². The lowest BCUT2D eigenvalue weighted by molar-refractivity contribution is 0.600. The van der Waals surface area contributed by atoms with Gasteiger partial charge in [-0.1, -0.05) is 37.3 Å². The van der Waals surface area contributed by atoms with Crippen LogP contribution in [0.15, 0.2) is 41.8 Å². The van der Waals surface area contributed by atoms with Crippen LogP contribution in [0, 0.1) is 2.88 Å². The second kappa shape index (κ2) is 6.52. The van der Waals surface area contributed by atoms with E-state index in [1.54, 1.807) is 0 Å². The van der Waals surface area contributed by atoms with E-state index in [9.17, 15) is 0 Å². The van der Waals surface area contributed by atoms with E-state index in [0.717, 1.165) is 13.0 Å². The molecule has 0 saturated carbocycles. The number of hydrogen-bond donors (Lipinski definition) is 1. The third-order valence-corrected chi connectivity index (χ3v) is 4.46. The second-order valence-corrected chi connectivity index (χ2v) is 6.79. The smallest absolute Gasteiger partial charge is 0.0656 e. The van der Waals surface area contributed by atoms with Gasteiger partial charge in [-0.2, -0.15) is 0 Å². The molecule has 90 valence electrons. The topological polar surface area (TPSA) is 12.0 Å². The van der Waals surface area contributed by atoms with Gasteiger partial charge in [-0.25, -0.2) is 0 Å². The van der Waals surface area contributed by atoms with E-state index in [2.05, 4.69) is 76.6 Å². The third-order valence-electron chi connectivity index (χ3n) is 2.65. The van der Waals surface area contributed by atoms with Crippen LogP contribution in [-0.2, 0) is 0 Å². The van der Waals surface area contributed by atoms with Crippen LogP contribution < -0.4 is 5.32 Å². The lowest BCUT2D eigenvalue weighted by atomic mass is 10.0. The molecule has 3 heteroatoms. The standard InChI is InChI=1S/C14H16INS/c1-2-8-16-14(11-6-4-3-5-7-11)12-9-13(15)17-10-12/h3-7,9-10,14,16H,2,8H2,1H3. The fourth-order valence-electron chi connectivity index (χ4n) is 1.84. The molecule has 1 heterocycles. The molecule has 0 fully saturated rings. The summed E-state index contributed by atoms with van der Waals surface area (Å²) in [6.07, 6.45) is 1.16. The van der Waals surface area contributed by atoms with E-state index < -0.39 is 0 Å². The summed E-state index contributed by atoms with van der Waals surface area (Å²) in [4.78, 5) is 0. The summed E-state index contributed by atoms with van der Waals surface area (Å²) in [5, 5.41) is 5.87. The first-order valence-corrected chi connectivity index (χ1v) is 7.79.